The van der Waals surface area contributed by atoms with Gasteiger partial charge in [0.2, 0.25) is 10.0 Å². The number of halogens is 1. The largest absolute Gasteiger partial charge is 0.326 e. The SMILES string of the molecule is CN(C)S(=O)(=O)c1ccc(Cl)c(C(=O)N2CCc3sccc3[C@@H]2c2cccs2)c1. The zero-order chi connectivity index (χ0) is 20.8. The number of carbonyl (C=O) groups excluding carboxylic acids is 1. The molecule has 0 unspecified atom stereocenters. The second-order valence-electron chi connectivity index (χ2n) is 6.89. The number of thiophene rings is 2. The Labute approximate surface area is 183 Å². The highest BCUT2D eigenvalue weighted by atomic mass is 35.5. The summed E-state index contributed by atoms with van der Waals surface area (Å²) in [6.45, 7) is 0.551. The molecule has 152 valence electrons. The fourth-order valence-electron chi connectivity index (χ4n) is 3.48. The highest BCUT2D eigenvalue weighted by Gasteiger charge is 2.35. The fraction of sp³-hybridized carbons (Fsp3) is 0.250. The van der Waals surface area contributed by atoms with Crippen LogP contribution in [0.25, 0.3) is 0 Å². The van der Waals surface area contributed by atoms with Gasteiger partial charge < -0.3 is 4.90 Å². The smallest absolute Gasteiger partial charge is 0.256 e. The first-order valence-electron chi connectivity index (χ1n) is 8.93. The zero-order valence-corrected chi connectivity index (χ0v) is 19.0. The molecule has 0 spiro atoms. The average Bonchev–Trinajstić information content (AvgIpc) is 3.38. The van der Waals surface area contributed by atoms with Gasteiger partial charge in [0.25, 0.3) is 5.91 Å². The number of amides is 1. The van der Waals surface area contributed by atoms with Crippen LogP contribution in [0.15, 0.2) is 52.1 Å². The molecule has 9 heteroatoms. The normalized spacial score (nSPS) is 16.8. The molecule has 0 N–H and O–H groups in total. The summed E-state index contributed by atoms with van der Waals surface area (Å²) in [6, 6.07) is 10.2. The first-order chi connectivity index (χ1) is 13.8. The molecule has 4 rings (SSSR count). The lowest BCUT2D eigenvalue weighted by Crippen LogP contribution is -2.40. The lowest BCUT2D eigenvalue weighted by Gasteiger charge is -2.35. The molecule has 1 aromatic carbocycles. The van der Waals surface area contributed by atoms with Crippen molar-refractivity contribution in [1.82, 2.24) is 9.21 Å². The van der Waals surface area contributed by atoms with Crippen molar-refractivity contribution >= 4 is 50.2 Å². The van der Waals surface area contributed by atoms with E-state index in [1.165, 1.54) is 37.2 Å². The van der Waals surface area contributed by atoms with Crippen LogP contribution >= 0.6 is 34.3 Å². The Balaban J connectivity index is 1.78. The van der Waals surface area contributed by atoms with Crippen molar-refractivity contribution in [3.8, 4) is 0 Å². The Morgan fingerprint density at radius 3 is 2.66 bits per heavy atom. The number of carbonyl (C=O) groups is 1. The molecule has 3 heterocycles. The average molecular weight is 467 g/mol. The van der Waals surface area contributed by atoms with Crippen molar-refractivity contribution in [3.05, 3.63) is 73.1 Å². The maximum Gasteiger partial charge on any atom is 0.256 e. The summed E-state index contributed by atoms with van der Waals surface area (Å²) in [5.41, 5.74) is 1.33. The van der Waals surface area contributed by atoms with E-state index in [-0.39, 0.29) is 27.4 Å². The number of nitrogens with zero attached hydrogens (tertiary/aromatic N) is 2. The Morgan fingerprint density at radius 1 is 1.17 bits per heavy atom. The fourth-order valence-corrected chi connectivity index (χ4v) is 6.37. The van der Waals surface area contributed by atoms with E-state index in [4.69, 9.17) is 11.6 Å². The number of fused-ring (bicyclic) bond motifs is 1. The molecule has 1 aliphatic heterocycles. The quantitative estimate of drug-likeness (QED) is 0.568. The van der Waals surface area contributed by atoms with E-state index in [0.29, 0.717) is 6.54 Å². The molecule has 0 saturated carbocycles. The summed E-state index contributed by atoms with van der Waals surface area (Å²) >= 11 is 9.65. The number of hydrogen-bond donors (Lipinski definition) is 0. The molecule has 0 aliphatic carbocycles. The summed E-state index contributed by atoms with van der Waals surface area (Å²) in [5.74, 6) is -0.263. The van der Waals surface area contributed by atoms with Crippen LogP contribution in [0, 0.1) is 0 Å². The number of sulfonamides is 1. The van der Waals surface area contributed by atoms with Crippen molar-refractivity contribution in [1.29, 1.82) is 0 Å². The molecule has 0 bridgehead atoms. The molecule has 2 aromatic heterocycles. The number of benzene rings is 1. The molecular weight excluding hydrogens is 448 g/mol. The topological polar surface area (TPSA) is 57.7 Å². The monoisotopic (exact) mass is 466 g/mol. The Morgan fingerprint density at radius 2 is 1.97 bits per heavy atom. The van der Waals surface area contributed by atoms with Gasteiger partial charge in [-0.15, -0.1) is 22.7 Å². The van der Waals surface area contributed by atoms with Crippen LogP contribution in [-0.4, -0.2) is 44.2 Å². The third-order valence-electron chi connectivity index (χ3n) is 4.99. The minimum absolute atomic E-state index is 0.0520. The molecule has 0 radical (unpaired) electrons. The van der Waals surface area contributed by atoms with Gasteiger partial charge in [0, 0.05) is 30.4 Å². The van der Waals surface area contributed by atoms with Crippen LogP contribution < -0.4 is 0 Å². The van der Waals surface area contributed by atoms with Crippen LogP contribution in [0.1, 0.15) is 31.7 Å². The first-order valence-corrected chi connectivity index (χ1v) is 12.5. The van der Waals surface area contributed by atoms with Crippen LogP contribution in [0.5, 0.6) is 0 Å². The van der Waals surface area contributed by atoms with Crippen LogP contribution in [-0.2, 0) is 16.4 Å². The third-order valence-corrected chi connectivity index (χ3v) is 9.05. The zero-order valence-electron chi connectivity index (χ0n) is 15.8. The summed E-state index contributed by atoms with van der Waals surface area (Å²) in [6.07, 6.45) is 0.772. The van der Waals surface area contributed by atoms with Gasteiger partial charge in [0.15, 0.2) is 0 Å². The van der Waals surface area contributed by atoms with Gasteiger partial charge in [-0.25, -0.2) is 12.7 Å². The molecule has 1 aliphatic rings. The van der Waals surface area contributed by atoms with Crippen molar-refractivity contribution in [2.45, 2.75) is 17.4 Å². The maximum atomic E-state index is 13.5. The van der Waals surface area contributed by atoms with E-state index in [1.807, 2.05) is 17.5 Å². The van der Waals surface area contributed by atoms with E-state index in [1.54, 1.807) is 27.6 Å². The van der Waals surface area contributed by atoms with Gasteiger partial charge in [-0.1, -0.05) is 17.7 Å². The van der Waals surface area contributed by atoms with Crippen molar-refractivity contribution in [2.24, 2.45) is 0 Å². The molecule has 1 atom stereocenters. The minimum atomic E-state index is -3.67. The minimum Gasteiger partial charge on any atom is -0.326 e. The molecule has 1 amide bonds. The van der Waals surface area contributed by atoms with Gasteiger partial charge >= 0.3 is 0 Å². The van der Waals surface area contributed by atoms with E-state index < -0.39 is 10.0 Å². The first kappa shape index (κ1) is 20.6. The Bertz CT molecular complexity index is 1150. The molecule has 5 nitrogen and oxygen atoms in total. The Hall–Kier alpha value is -1.71. The van der Waals surface area contributed by atoms with Crippen molar-refractivity contribution < 1.29 is 13.2 Å². The predicted molar refractivity (Wildman–Crippen MR) is 118 cm³/mol. The van der Waals surface area contributed by atoms with Crippen LogP contribution in [0.3, 0.4) is 0 Å². The van der Waals surface area contributed by atoms with Gasteiger partial charge in [0.1, 0.15) is 0 Å². The van der Waals surface area contributed by atoms with Crippen LogP contribution in [0.2, 0.25) is 5.02 Å². The Kier molecular flexibility index (Phi) is 5.56. The lowest BCUT2D eigenvalue weighted by molar-refractivity contribution is 0.0698. The van der Waals surface area contributed by atoms with Crippen LogP contribution in [0.4, 0.5) is 0 Å². The molecule has 0 fully saturated rings. The molecule has 29 heavy (non-hydrogen) atoms. The molecular formula is C20H19ClN2O3S3. The van der Waals surface area contributed by atoms with Crippen molar-refractivity contribution in [2.75, 3.05) is 20.6 Å². The maximum absolute atomic E-state index is 13.5. The standard InChI is InChI=1S/C20H19ClN2O3S3/c1-22(2)29(25,26)13-5-6-16(21)15(12-13)20(24)23-9-7-17-14(8-11-28-17)19(23)18-4-3-10-27-18/h3-6,8,10-12,19H,7,9H2,1-2H3/t19-/m1/s1. The summed E-state index contributed by atoms with van der Waals surface area (Å²) in [5, 5.41) is 4.29. The third kappa shape index (κ3) is 3.64. The molecule has 0 saturated heterocycles. The number of rotatable bonds is 4. The second kappa shape index (κ2) is 7.85. The van der Waals surface area contributed by atoms with E-state index >= 15 is 0 Å². The summed E-state index contributed by atoms with van der Waals surface area (Å²) in [7, 11) is -0.751. The second-order valence-corrected chi connectivity index (χ2v) is 11.4. The van der Waals surface area contributed by atoms with Gasteiger partial charge in [-0.3, -0.25) is 4.79 Å². The predicted octanol–water partition coefficient (Wildman–Crippen LogP) is 4.50. The van der Waals surface area contributed by atoms with E-state index in [9.17, 15) is 13.2 Å². The number of hydrogen-bond acceptors (Lipinski definition) is 5. The van der Waals surface area contributed by atoms with Gasteiger partial charge in [0.05, 0.1) is 21.5 Å². The van der Waals surface area contributed by atoms with Gasteiger partial charge in [-0.05, 0) is 53.1 Å². The highest BCUT2D eigenvalue weighted by Crippen LogP contribution is 2.40. The molecule has 3 aromatic rings. The highest BCUT2D eigenvalue weighted by molar-refractivity contribution is 7.89. The summed E-state index contributed by atoms with van der Waals surface area (Å²) in [4.78, 5) is 17.8. The lowest BCUT2D eigenvalue weighted by atomic mass is 9.97. The van der Waals surface area contributed by atoms with Gasteiger partial charge in [-0.2, -0.15) is 0 Å². The van der Waals surface area contributed by atoms with Crippen molar-refractivity contribution in [3.63, 3.8) is 0 Å². The van der Waals surface area contributed by atoms with E-state index in [0.717, 1.165) is 21.2 Å². The van der Waals surface area contributed by atoms with E-state index in [2.05, 4.69) is 11.4 Å². The summed E-state index contributed by atoms with van der Waals surface area (Å²) < 4.78 is 26.2.